The Balaban J connectivity index is 2.06. The summed E-state index contributed by atoms with van der Waals surface area (Å²) in [5.41, 5.74) is 1.42. The summed E-state index contributed by atoms with van der Waals surface area (Å²) in [6.45, 7) is 6.58. The summed E-state index contributed by atoms with van der Waals surface area (Å²) in [5.74, 6) is 1.10. The molecule has 2 rings (SSSR count). The van der Waals surface area contributed by atoms with Crippen LogP contribution in [0.1, 0.15) is 38.8 Å². The lowest BCUT2D eigenvalue weighted by atomic mass is 10.0. The van der Waals surface area contributed by atoms with Crippen molar-refractivity contribution in [1.82, 2.24) is 10.3 Å². The van der Waals surface area contributed by atoms with Crippen LogP contribution in [0.25, 0.3) is 0 Å². The molecule has 0 radical (unpaired) electrons. The molecular formula is C13H19N3S. The topological polar surface area (TPSA) is 37.3 Å². The summed E-state index contributed by atoms with van der Waals surface area (Å²) in [6.07, 6.45) is 4.76. The van der Waals surface area contributed by atoms with Crippen molar-refractivity contribution in [3.63, 3.8) is 0 Å². The number of nitrogens with one attached hydrogen (secondary N) is 1. The molecule has 0 amide bonds. The van der Waals surface area contributed by atoms with E-state index in [1.54, 1.807) is 0 Å². The fourth-order valence-electron chi connectivity index (χ4n) is 1.71. The molecule has 2 unspecified atom stereocenters. The van der Waals surface area contributed by atoms with Gasteiger partial charge in [0.15, 0.2) is 5.17 Å². The molecule has 1 aromatic heterocycles. The second kappa shape index (κ2) is 5.08. The molecule has 0 bridgehead atoms. The van der Waals surface area contributed by atoms with E-state index < -0.39 is 0 Å². The molecule has 92 valence electrons. The normalized spacial score (nSPS) is 28.1. The fourth-order valence-corrected chi connectivity index (χ4v) is 2.99. The van der Waals surface area contributed by atoms with Crippen LogP contribution in [0.3, 0.4) is 0 Å². The standard InChI is InChI=1S/C13H19N3S/c1-4-13(3)9-17-12(16-13)15-10(2)11-5-7-14-8-6-11/h5-8,10H,4,9H2,1-3H3,(H,15,16). The number of pyridine rings is 1. The van der Waals surface area contributed by atoms with Crippen LogP contribution in [0.15, 0.2) is 29.5 Å². The van der Waals surface area contributed by atoms with Gasteiger partial charge in [-0.25, -0.2) is 0 Å². The Morgan fingerprint density at radius 3 is 2.82 bits per heavy atom. The molecule has 2 atom stereocenters. The molecule has 1 N–H and O–H groups in total. The number of hydrogen-bond donors (Lipinski definition) is 1. The SMILES string of the molecule is CCC1(C)CSC(=NC(C)c2ccncc2)N1. The maximum absolute atomic E-state index is 4.73. The molecule has 0 aromatic carbocycles. The molecule has 3 nitrogen and oxygen atoms in total. The van der Waals surface area contributed by atoms with Gasteiger partial charge in [0.05, 0.1) is 6.04 Å². The molecule has 0 saturated carbocycles. The van der Waals surface area contributed by atoms with Crippen molar-refractivity contribution in [1.29, 1.82) is 0 Å². The molecule has 2 heterocycles. The van der Waals surface area contributed by atoms with Gasteiger partial charge in [-0.2, -0.15) is 0 Å². The molecule has 1 aliphatic heterocycles. The zero-order valence-corrected chi connectivity index (χ0v) is 11.4. The Morgan fingerprint density at radius 1 is 1.53 bits per heavy atom. The maximum Gasteiger partial charge on any atom is 0.157 e. The van der Waals surface area contributed by atoms with Gasteiger partial charge < -0.3 is 5.32 Å². The first-order chi connectivity index (χ1) is 8.13. The second-order valence-corrected chi connectivity index (χ2v) is 5.68. The van der Waals surface area contributed by atoms with Crippen molar-refractivity contribution in [2.45, 2.75) is 38.8 Å². The number of thioether (sulfide) groups is 1. The summed E-state index contributed by atoms with van der Waals surface area (Å²) < 4.78 is 0. The molecule has 1 fully saturated rings. The highest BCUT2D eigenvalue weighted by Crippen LogP contribution is 2.27. The number of rotatable bonds is 3. The van der Waals surface area contributed by atoms with Crippen LogP contribution in [0.2, 0.25) is 0 Å². The first-order valence-electron chi connectivity index (χ1n) is 6.02. The van der Waals surface area contributed by atoms with Gasteiger partial charge in [-0.05, 0) is 38.0 Å². The highest BCUT2D eigenvalue weighted by Gasteiger charge is 2.30. The minimum absolute atomic E-state index is 0.187. The van der Waals surface area contributed by atoms with E-state index in [1.807, 2.05) is 36.3 Å². The third-order valence-corrected chi connectivity index (χ3v) is 4.48. The largest absolute Gasteiger partial charge is 0.359 e. The fraction of sp³-hybridized carbons (Fsp3) is 0.538. The lowest BCUT2D eigenvalue weighted by Crippen LogP contribution is -2.39. The average molecular weight is 249 g/mol. The van der Waals surface area contributed by atoms with Crippen LogP contribution in [0, 0.1) is 0 Å². The van der Waals surface area contributed by atoms with E-state index in [1.165, 1.54) is 5.56 Å². The van der Waals surface area contributed by atoms with E-state index in [-0.39, 0.29) is 11.6 Å². The summed E-state index contributed by atoms with van der Waals surface area (Å²) in [5, 5.41) is 4.58. The number of amidine groups is 1. The molecule has 1 aromatic rings. The predicted molar refractivity (Wildman–Crippen MR) is 74.4 cm³/mol. The molecule has 4 heteroatoms. The summed E-state index contributed by atoms with van der Waals surface area (Å²) >= 11 is 1.82. The number of nitrogens with zero attached hydrogens (tertiary/aromatic N) is 2. The van der Waals surface area contributed by atoms with Crippen molar-refractivity contribution in [3.8, 4) is 0 Å². The second-order valence-electron chi connectivity index (χ2n) is 4.72. The van der Waals surface area contributed by atoms with E-state index in [9.17, 15) is 0 Å². The molecule has 1 aliphatic rings. The molecular weight excluding hydrogens is 230 g/mol. The van der Waals surface area contributed by atoms with Gasteiger partial charge in [0, 0.05) is 23.7 Å². The Morgan fingerprint density at radius 2 is 2.24 bits per heavy atom. The van der Waals surface area contributed by atoms with Crippen LogP contribution in [0.5, 0.6) is 0 Å². The van der Waals surface area contributed by atoms with Crippen LogP contribution in [0.4, 0.5) is 0 Å². The van der Waals surface area contributed by atoms with E-state index >= 15 is 0 Å². The third-order valence-electron chi connectivity index (χ3n) is 3.22. The molecule has 0 aliphatic carbocycles. The Bertz CT molecular complexity index is 404. The first-order valence-corrected chi connectivity index (χ1v) is 7.00. The molecule has 0 spiro atoms. The van der Waals surface area contributed by atoms with Crippen LogP contribution >= 0.6 is 11.8 Å². The Hall–Kier alpha value is -1.03. The van der Waals surface area contributed by atoms with Gasteiger partial charge in [-0.3, -0.25) is 9.98 Å². The van der Waals surface area contributed by atoms with Crippen LogP contribution < -0.4 is 5.32 Å². The molecule has 17 heavy (non-hydrogen) atoms. The van der Waals surface area contributed by atoms with Crippen molar-refractivity contribution >= 4 is 16.9 Å². The maximum atomic E-state index is 4.73. The third kappa shape index (κ3) is 3.00. The van der Waals surface area contributed by atoms with Crippen molar-refractivity contribution in [3.05, 3.63) is 30.1 Å². The zero-order valence-electron chi connectivity index (χ0n) is 10.6. The van der Waals surface area contributed by atoms with Crippen molar-refractivity contribution < 1.29 is 0 Å². The van der Waals surface area contributed by atoms with Gasteiger partial charge >= 0.3 is 0 Å². The highest BCUT2D eigenvalue weighted by atomic mass is 32.2. The summed E-state index contributed by atoms with van der Waals surface area (Å²) in [4.78, 5) is 8.76. The van der Waals surface area contributed by atoms with Crippen molar-refractivity contribution in [2.24, 2.45) is 4.99 Å². The van der Waals surface area contributed by atoms with E-state index in [0.29, 0.717) is 0 Å². The zero-order chi connectivity index (χ0) is 12.3. The van der Waals surface area contributed by atoms with E-state index in [0.717, 1.165) is 17.3 Å². The Kier molecular flexibility index (Phi) is 3.72. The summed E-state index contributed by atoms with van der Waals surface area (Å²) in [6, 6.07) is 4.23. The number of aromatic nitrogens is 1. The Labute approximate surface area is 107 Å². The minimum Gasteiger partial charge on any atom is -0.359 e. The number of hydrogen-bond acceptors (Lipinski definition) is 3. The predicted octanol–water partition coefficient (Wildman–Crippen LogP) is 3.00. The van der Waals surface area contributed by atoms with Gasteiger partial charge in [-0.1, -0.05) is 18.7 Å². The summed E-state index contributed by atoms with van der Waals surface area (Å²) in [7, 11) is 0. The highest BCUT2D eigenvalue weighted by molar-refractivity contribution is 8.14. The van der Waals surface area contributed by atoms with Gasteiger partial charge in [-0.15, -0.1) is 0 Å². The number of aliphatic imine (C=N–C) groups is 1. The van der Waals surface area contributed by atoms with Gasteiger partial charge in [0.25, 0.3) is 0 Å². The van der Waals surface area contributed by atoms with E-state index in [4.69, 9.17) is 4.99 Å². The van der Waals surface area contributed by atoms with Gasteiger partial charge in [0.1, 0.15) is 0 Å². The lowest BCUT2D eigenvalue weighted by molar-refractivity contribution is 0.465. The van der Waals surface area contributed by atoms with Crippen LogP contribution in [-0.2, 0) is 0 Å². The average Bonchev–Trinajstić information content (AvgIpc) is 2.73. The monoisotopic (exact) mass is 249 g/mol. The quantitative estimate of drug-likeness (QED) is 0.894. The van der Waals surface area contributed by atoms with Crippen molar-refractivity contribution in [2.75, 3.05) is 5.75 Å². The van der Waals surface area contributed by atoms with Gasteiger partial charge in [0.2, 0.25) is 0 Å². The lowest BCUT2D eigenvalue weighted by Gasteiger charge is -2.21. The smallest absolute Gasteiger partial charge is 0.157 e. The van der Waals surface area contributed by atoms with Crippen LogP contribution in [-0.4, -0.2) is 21.4 Å². The first kappa shape index (κ1) is 12.4. The van der Waals surface area contributed by atoms with E-state index in [2.05, 4.69) is 31.1 Å². The molecule has 1 saturated heterocycles. The minimum atomic E-state index is 0.187.